The normalized spacial score (nSPS) is 11.0. The molecule has 0 amide bonds. The number of phenolic OH excluding ortho intramolecular Hbond substituents is 1. The molecule has 1 aromatic carbocycles. The van der Waals surface area contributed by atoms with E-state index in [1.165, 1.54) is 0 Å². The SMILES string of the molecule is CCc1nn2ccccc2c1C(=O)c1cc(C)c(O)c(I)c1. The topological polar surface area (TPSA) is 54.6 Å². The number of aromatic nitrogens is 2. The fourth-order valence-corrected chi connectivity index (χ4v) is 3.32. The Morgan fingerprint density at radius 2 is 2.14 bits per heavy atom. The van der Waals surface area contributed by atoms with Crippen molar-refractivity contribution >= 4 is 33.9 Å². The van der Waals surface area contributed by atoms with Gasteiger partial charge in [-0.25, -0.2) is 4.52 Å². The van der Waals surface area contributed by atoms with E-state index in [0.29, 0.717) is 26.7 Å². The Balaban J connectivity index is 2.21. The molecule has 3 aromatic rings. The van der Waals surface area contributed by atoms with Crippen LogP contribution in [0, 0.1) is 10.5 Å². The van der Waals surface area contributed by atoms with Crippen LogP contribution in [0.3, 0.4) is 0 Å². The smallest absolute Gasteiger partial charge is 0.197 e. The first-order valence-electron chi connectivity index (χ1n) is 7.03. The summed E-state index contributed by atoms with van der Waals surface area (Å²) >= 11 is 2.04. The molecule has 0 aliphatic rings. The van der Waals surface area contributed by atoms with Crippen LogP contribution in [0.5, 0.6) is 5.75 Å². The third kappa shape index (κ3) is 2.39. The highest BCUT2D eigenvalue weighted by molar-refractivity contribution is 14.1. The van der Waals surface area contributed by atoms with Crippen molar-refractivity contribution in [2.75, 3.05) is 0 Å². The van der Waals surface area contributed by atoms with E-state index < -0.39 is 0 Å². The van der Waals surface area contributed by atoms with Gasteiger partial charge in [-0.05, 0) is 65.8 Å². The summed E-state index contributed by atoms with van der Waals surface area (Å²) in [7, 11) is 0. The average molecular weight is 406 g/mol. The number of nitrogens with zero attached hydrogens (tertiary/aromatic N) is 2. The first-order chi connectivity index (χ1) is 10.5. The highest BCUT2D eigenvalue weighted by Crippen LogP contribution is 2.28. The average Bonchev–Trinajstić information content (AvgIpc) is 2.89. The third-order valence-corrected chi connectivity index (χ3v) is 4.51. The molecule has 112 valence electrons. The Labute approximate surface area is 141 Å². The molecule has 0 saturated carbocycles. The van der Waals surface area contributed by atoms with Crippen LogP contribution in [0.15, 0.2) is 36.5 Å². The summed E-state index contributed by atoms with van der Waals surface area (Å²) in [4.78, 5) is 13.0. The zero-order valence-electron chi connectivity index (χ0n) is 12.3. The summed E-state index contributed by atoms with van der Waals surface area (Å²) in [6.45, 7) is 3.79. The number of phenols is 1. The van der Waals surface area contributed by atoms with Crippen molar-refractivity contribution in [3.8, 4) is 5.75 Å². The molecular formula is C17H15IN2O2. The zero-order chi connectivity index (χ0) is 15.9. The van der Waals surface area contributed by atoms with E-state index in [-0.39, 0.29) is 11.5 Å². The standard InChI is InChI=1S/C17H15IN2O2/c1-3-13-15(14-6-4-5-7-20(14)19-13)17(22)11-8-10(2)16(21)12(18)9-11/h4-9,21H,3H2,1-2H3. The number of ketones is 1. The molecule has 1 N–H and O–H groups in total. The van der Waals surface area contributed by atoms with Crippen LogP contribution in [-0.4, -0.2) is 20.5 Å². The van der Waals surface area contributed by atoms with E-state index >= 15 is 0 Å². The highest BCUT2D eigenvalue weighted by Gasteiger charge is 2.21. The molecule has 0 aliphatic heterocycles. The van der Waals surface area contributed by atoms with Gasteiger partial charge in [0, 0.05) is 11.8 Å². The number of halogens is 1. The maximum Gasteiger partial charge on any atom is 0.197 e. The van der Waals surface area contributed by atoms with Gasteiger partial charge in [0.15, 0.2) is 5.78 Å². The first kappa shape index (κ1) is 15.0. The second-order valence-corrected chi connectivity index (χ2v) is 6.32. The number of hydrogen-bond acceptors (Lipinski definition) is 3. The monoisotopic (exact) mass is 406 g/mol. The molecule has 0 saturated heterocycles. The number of carbonyl (C=O) groups is 1. The van der Waals surface area contributed by atoms with Crippen LogP contribution in [-0.2, 0) is 6.42 Å². The molecule has 4 nitrogen and oxygen atoms in total. The summed E-state index contributed by atoms with van der Waals surface area (Å²) in [6.07, 6.45) is 2.54. The quantitative estimate of drug-likeness (QED) is 0.533. The van der Waals surface area contributed by atoms with Crippen molar-refractivity contribution in [2.45, 2.75) is 20.3 Å². The number of aryl methyl sites for hydroxylation is 2. The predicted octanol–water partition coefficient (Wildman–Crippen LogP) is 3.75. The molecule has 2 heterocycles. The minimum atomic E-state index is -0.0564. The number of benzene rings is 1. The van der Waals surface area contributed by atoms with Gasteiger partial charge in [0.1, 0.15) is 5.75 Å². The molecular weight excluding hydrogens is 391 g/mol. The van der Waals surface area contributed by atoms with Gasteiger partial charge in [-0.15, -0.1) is 0 Å². The zero-order valence-corrected chi connectivity index (χ0v) is 14.5. The Hall–Kier alpha value is -1.89. The number of rotatable bonds is 3. The van der Waals surface area contributed by atoms with E-state index in [4.69, 9.17) is 0 Å². The summed E-state index contributed by atoms with van der Waals surface area (Å²) in [5.74, 6) is 0.173. The van der Waals surface area contributed by atoms with Gasteiger partial charge in [0.2, 0.25) is 0 Å². The molecule has 0 bridgehead atoms. The van der Waals surface area contributed by atoms with Crippen LogP contribution < -0.4 is 0 Å². The first-order valence-corrected chi connectivity index (χ1v) is 8.10. The molecule has 0 spiro atoms. The van der Waals surface area contributed by atoms with Crippen molar-refractivity contribution < 1.29 is 9.90 Å². The number of carbonyl (C=O) groups excluding carboxylic acids is 1. The fraction of sp³-hybridized carbons (Fsp3) is 0.176. The van der Waals surface area contributed by atoms with E-state index in [9.17, 15) is 9.90 Å². The lowest BCUT2D eigenvalue weighted by Gasteiger charge is -2.07. The van der Waals surface area contributed by atoms with Gasteiger partial charge < -0.3 is 5.11 Å². The molecule has 0 unspecified atom stereocenters. The van der Waals surface area contributed by atoms with Crippen LogP contribution in [0.25, 0.3) is 5.52 Å². The van der Waals surface area contributed by atoms with E-state index in [2.05, 4.69) is 5.10 Å². The lowest BCUT2D eigenvalue weighted by molar-refractivity contribution is 0.103. The number of fused-ring (bicyclic) bond motifs is 1. The molecule has 0 fully saturated rings. The second kappa shape index (κ2) is 5.72. The molecule has 22 heavy (non-hydrogen) atoms. The summed E-state index contributed by atoms with van der Waals surface area (Å²) in [5.41, 5.74) is 3.52. The largest absolute Gasteiger partial charge is 0.507 e. The summed E-state index contributed by atoms with van der Waals surface area (Å²) < 4.78 is 2.42. The molecule has 3 rings (SSSR count). The van der Waals surface area contributed by atoms with Crippen LogP contribution in [0.1, 0.15) is 34.1 Å². The van der Waals surface area contributed by atoms with Crippen molar-refractivity contribution in [1.29, 1.82) is 0 Å². The Kier molecular flexibility index (Phi) is 3.90. The summed E-state index contributed by atoms with van der Waals surface area (Å²) in [6, 6.07) is 9.14. The van der Waals surface area contributed by atoms with Gasteiger partial charge >= 0.3 is 0 Å². The highest BCUT2D eigenvalue weighted by atomic mass is 127. The molecule has 5 heteroatoms. The van der Waals surface area contributed by atoms with E-state index in [1.807, 2.05) is 53.9 Å². The minimum Gasteiger partial charge on any atom is -0.507 e. The van der Waals surface area contributed by atoms with Crippen LogP contribution in [0.4, 0.5) is 0 Å². The number of pyridine rings is 1. The van der Waals surface area contributed by atoms with Crippen molar-refractivity contribution in [2.24, 2.45) is 0 Å². The Bertz CT molecular complexity index is 860. The van der Waals surface area contributed by atoms with Crippen LogP contribution in [0.2, 0.25) is 0 Å². The van der Waals surface area contributed by atoms with E-state index in [0.717, 1.165) is 11.2 Å². The lowest BCUT2D eigenvalue weighted by Crippen LogP contribution is -2.05. The summed E-state index contributed by atoms with van der Waals surface area (Å²) in [5, 5.41) is 14.4. The number of hydrogen-bond donors (Lipinski definition) is 1. The molecule has 0 atom stereocenters. The molecule has 0 radical (unpaired) electrons. The van der Waals surface area contributed by atoms with Gasteiger partial charge in [-0.1, -0.05) is 13.0 Å². The third-order valence-electron chi connectivity index (χ3n) is 3.69. The molecule has 0 aliphatic carbocycles. The maximum absolute atomic E-state index is 13.0. The Morgan fingerprint density at radius 3 is 2.82 bits per heavy atom. The maximum atomic E-state index is 13.0. The molecule has 2 aromatic heterocycles. The fourth-order valence-electron chi connectivity index (χ4n) is 2.55. The second-order valence-electron chi connectivity index (χ2n) is 5.16. The van der Waals surface area contributed by atoms with Gasteiger partial charge in [-0.3, -0.25) is 4.79 Å². The van der Waals surface area contributed by atoms with Gasteiger partial charge in [-0.2, -0.15) is 5.10 Å². The van der Waals surface area contributed by atoms with Crippen molar-refractivity contribution in [3.05, 3.63) is 62.5 Å². The van der Waals surface area contributed by atoms with Gasteiger partial charge in [0.25, 0.3) is 0 Å². The number of aromatic hydroxyl groups is 1. The van der Waals surface area contributed by atoms with Crippen molar-refractivity contribution in [1.82, 2.24) is 9.61 Å². The Morgan fingerprint density at radius 1 is 1.36 bits per heavy atom. The van der Waals surface area contributed by atoms with Gasteiger partial charge in [0.05, 0.1) is 20.3 Å². The lowest BCUT2D eigenvalue weighted by atomic mass is 9.99. The van der Waals surface area contributed by atoms with Crippen LogP contribution >= 0.6 is 22.6 Å². The van der Waals surface area contributed by atoms with Crippen molar-refractivity contribution in [3.63, 3.8) is 0 Å². The van der Waals surface area contributed by atoms with E-state index in [1.54, 1.807) is 23.6 Å². The minimum absolute atomic E-state index is 0.0564. The predicted molar refractivity (Wildman–Crippen MR) is 93.6 cm³/mol.